The average molecular weight is 515 g/mol. The maximum Gasteiger partial charge on any atom is 0.292 e. The van der Waals surface area contributed by atoms with Crippen LogP contribution in [0, 0.1) is 0 Å². The van der Waals surface area contributed by atoms with Crippen molar-refractivity contribution in [3.05, 3.63) is 109 Å². The van der Waals surface area contributed by atoms with Crippen LogP contribution in [0.5, 0.6) is 0 Å². The summed E-state index contributed by atoms with van der Waals surface area (Å²) in [4.78, 5) is 0. The number of aromatic nitrogens is 2. The van der Waals surface area contributed by atoms with Crippen molar-refractivity contribution in [3.63, 3.8) is 0 Å². The fourth-order valence-corrected chi connectivity index (χ4v) is 4.41. The molecule has 0 amide bonds. The molecule has 152 valence electrons. The molecule has 3 heterocycles. The lowest BCUT2D eigenvalue weighted by Crippen LogP contribution is -3.00. The van der Waals surface area contributed by atoms with Gasteiger partial charge in [-0.2, -0.15) is 8.80 Å². The van der Waals surface area contributed by atoms with Gasteiger partial charge in [-0.05, 0) is 54.4 Å². The molecule has 6 rings (SSSR count). The highest BCUT2D eigenvalue weighted by Gasteiger charge is 2.16. The third-order valence-corrected chi connectivity index (χ3v) is 5.89. The SMILES string of the molecule is [I-].c1ccc(CCNc2ccc3c(ccc4c[n+]5c6ccccc6ccc5n43)c2)cc1. The second kappa shape index (κ2) is 8.19. The standard InChI is InChI=1S/C27H22N3.HI/c1-2-6-20(7-3-1)16-17-28-23-12-14-26-22(18-23)10-13-24-19-29-25-9-5-4-8-21(25)11-15-27(29)30(24)26;/h1-15,18-19,28H,16-17H2;1H/q+1;/p-1. The summed E-state index contributed by atoms with van der Waals surface area (Å²) in [7, 11) is 0. The van der Waals surface area contributed by atoms with Crippen LogP contribution in [-0.2, 0) is 6.42 Å². The Labute approximate surface area is 198 Å². The number of para-hydroxylation sites is 1. The molecule has 0 fully saturated rings. The van der Waals surface area contributed by atoms with Crippen LogP contribution in [0.4, 0.5) is 5.69 Å². The van der Waals surface area contributed by atoms with Gasteiger partial charge in [-0.15, -0.1) is 0 Å². The number of rotatable bonds is 4. The number of imidazole rings is 1. The molecule has 1 N–H and O–H groups in total. The van der Waals surface area contributed by atoms with Gasteiger partial charge in [0.2, 0.25) is 0 Å². The van der Waals surface area contributed by atoms with E-state index in [9.17, 15) is 0 Å². The Balaban J connectivity index is 0.00000204. The summed E-state index contributed by atoms with van der Waals surface area (Å²) in [6.07, 6.45) is 3.24. The number of hydrogen-bond acceptors (Lipinski definition) is 1. The van der Waals surface area contributed by atoms with Gasteiger partial charge in [0.05, 0.1) is 0 Å². The third-order valence-electron chi connectivity index (χ3n) is 5.89. The van der Waals surface area contributed by atoms with E-state index in [2.05, 4.69) is 117 Å². The molecule has 0 atom stereocenters. The minimum absolute atomic E-state index is 0. The molecule has 4 heteroatoms. The maximum absolute atomic E-state index is 3.57. The highest BCUT2D eigenvalue weighted by molar-refractivity contribution is 5.88. The number of hydrogen-bond donors (Lipinski definition) is 1. The molecule has 0 saturated carbocycles. The quantitative estimate of drug-likeness (QED) is 0.283. The molecule has 3 aromatic heterocycles. The summed E-state index contributed by atoms with van der Waals surface area (Å²) in [5, 5.41) is 6.06. The first-order valence-electron chi connectivity index (χ1n) is 10.4. The van der Waals surface area contributed by atoms with Crippen LogP contribution in [0.3, 0.4) is 0 Å². The lowest BCUT2D eigenvalue weighted by molar-refractivity contribution is -0.479. The monoisotopic (exact) mass is 515 g/mol. The van der Waals surface area contributed by atoms with E-state index < -0.39 is 0 Å². The van der Waals surface area contributed by atoms with E-state index in [1.165, 1.54) is 38.5 Å². The summed E-state index contributed by atoms with van der Waals surface area (Å²) >= 11 is 0. The number of pyridine rings is 2. The number of halogens is 1. The Morgan fingerprint density at radius 3 is 2.45 bits per heavy atom. The van der Waals surface area contributed by atoms with Crippen molar-refractivity contribution in [1.29, 1.82) is 0 Å². The highest BCUT2D eigenvalue weighted by Crippen LogP contribution is 2.24. The number of benzene rings is 3. The smallest absolute Gasteiger partial charge is 0.292 e. The molecule has 0 aliphatic heterocycles. The van der Waals surface area contributed by atoms with Crippen LogP contribution in [0.25, 0.3) is 33.0 Å². The molecular formula is C27H22IN3. The van der Waals surface area contributed by atoms with E-state index in [1.807, 2.05) is 0 Å². The summed E-state index contributed by atoms with van der Waals surface area (Å²) in [5.74, 6) is 0. The number of fused-ring (bicyclic) bond motifs is 7. The van der Waals surface area contributed by atoms with Crippen LogP contribution in [0.2, 0.25) is 0 Å². The minimum Gasteiger partial charge on any atom is -1.00 e. The van der Waals surface area contributed by atoms with Gasteiger partial charge in [0, 0.05) is 29.1 Å². The molecule has 31 heavy (non-hydrogen) atoms. The second-order valence-electron chi connectivity index (χ2n) is 7.78. The first kappa shape index (κ1) is 19.8. The highest BCUT2D eigenvalue weighted by atomic mass is 127. The molecule has 0 unspecified atom stereocenters. The first-order valence-corrected chi connectivity index (χ1v) is 10.4. The van der Waals surface area contributed by atoms with E-state index >= 15 is 0 Å². The largest absolute Gasteiger partial charge is 1.00 e. The van der Waals surface area contributed by atoms with Crippen molar-refractivity contribution in [2.24, 2.45) is 0 Å². The molecule has 0 saturated heterocycles. The summed E-state index contributed by atoms with van der Waals surface area (Å²) in [5.41, 5.74) is 7.34. The van der Waals surface area contributed by atoms with Gasteiger partial charge < -0.3 is 29.3 Å². The Hall–Kier alpha value is -3.12. The number of nitrogens with zero attached hydrogens (tertiary/aromatic N) is 2. The zero-order chi connectivity index (χ0) is 19.9. The van der Waals surface area contributed by atoms with Crippen LogP contribution >= 0.6 is 0 Å². The Morgan fingerprint density at radius 2 is 1.55 bits per heavy atom. The maximum atomic E-state index is 3.57. The van der Waals surface area contributed by atoms with Crippen LogP contribution in [-0.4, -0.2) is 10.9 Å². The van der Waals surface area contributed by atoms with E-state index in [4.69, 9.17) is 0 Å². The van der Waals surface area contributed by atoms with E-state index in [0.717, 1.165) is 18.7 Å². The van der Waals surface area contributed by atoms with Crippen molar-refractivity contribution in [2.75, 3.05) is 11.9 Å². The zero-order valence-electron chi connectivity index (χ0n) is 17.0. The predicted octanol–water partition coefficient (Wildman–Crippen LogP) is 2.64. The fraction of sp³-hybridized carbons (Fsp3) is 0.0741. The van der Waals surface area contributed by atoms with E-state index in [0.29, 0.717) is 0 Å². The van der Waals surface area contributed by atoms with Gasteiger partial charge >= 0.3 is 0 Å². The normalized spacial score (nSPS) is 11.2. The summed E-state index contributed by atoms with van der Waals surface area (Å²) in [6, 6.07) is 34.6. The van der Waals surface area contributed by atoms with Gasteiger partial charge in [-0.1, -0.05) is 48.5 Å². The molecule has 6 aromatic rings. The van der Waals surface area contributed by atoms with Crippen molar-refractivity contribution in [3.8, 4) is 0 Å². The molecule has 0 aliphatic carbocycles. The minimum atomic E-state index is 0. The molecule has 3 nitrogen and oxygen atoms in total. The molecular weight excluding hydrogens is 493 g/mol. The number of nitrogens with one attached hydrogen (secondary N) is 1. The van der Waals surface area contributed by atoms with E-state index in [-0.39, 0.29) is 24.0 Å². The lowest BCUT2D eigenvalue weighted by Gasteiger charge is -2.07. The zero-order valence-corrected chi connectivity index (χ0v) is 19.2. The molecule has 0 bridgehead atoms. The topological polar surface area (TPSA) is 20.5 Å². The first-order chi connectivity index (χ1) is 14.9. The summed E-state index contributed by atoms with van der Waals surface area (Å²) in [6.45, 7) is 0.923. The lowest BCUT2D eigenvalue weighted by atomic mass is 10.1. The van der Waals surface area contributed by atoms with Crippen LogP contribution in [0.15, 0.2) is 103 Å². The molecule has 0 spiro atoms. The Morgan fingerprint density at radius 1 is 0.742 bits per heavy atom. The van der Waals surface area contributed by atoms with E-state index in [1.54, 1.807) is 0 Å². The Bertz CT molecular complexity index is 1520. The van der Waals surface area contributed by atoms with Gasteiger partial charge in [0.1, 0.15) is 17.2 Å². The van der Waals surface area contributed by atoms with Crippen molar-refractivity contribution >= 4 is 38.7 Å². The molecule has 3 aromatic carbocycles. The van der Waals surface area contributed by atoms with Crippen LogP contribution < -0.4 is 33.7 Å². The predicted molar refractivity (Wildman–Crippen MR) is 124 cm³/mol. The van der Waals surface area contributed by atoms with Gasteiger partial charge in [0.15, 0.2) is 5.52 Å². The Kier molecular flexibility index (Phi) is 5.24. The van der Waals surface area contributed by atoms with Crippen molar-refractivity contribution in [1.82, 2.24) is 4.40 Å². The van der Waals surface area contributed by atoms with Crippen LogP contribution in [0.1, 0.15) is 5.56 Å². The van der Waals surface area contributed by atoms with Gasteiger partial charge in [-0.3, -0.25) is 0 Å². The van der Waals surface area contributed by atoms with Gasteiger partial charge in [-0.25, -0.2) is 0 Å². The second-order valence-corrected chi connectivity index (χ2v) is 7.78. The van der Waals surface area contributed by atoms with Crippen molar-refractivity contribution < 1.29 is 28.4 Å². The molecule has 0 radical (unpaired) electrons. The van der Waals surface area contributed by atoms with Gasteiger partial charge in [0.25, 0.3) is 5.65 Å². The summed E-state index contributed by atoms with van der Waals surface area (Å²) < 4.78 is 4.63. The average Bonchev–Trinajstić information content (AvgIpc) is 3.19. The third kappa shape index (κ3) is 3.51. The fourth-order valence-electron chi connectivity index (χ4n) is 4.41. The van der Waals surface area contributed by atoms with Crippen molar-refractivity contribution in [2.45, 2.75) is 6.42 Å². The molecule has 0 aliphatic rings. The number of anilines is 1.